The molecule has 19 heavy (non-hydrogen) atoms. The van der Waals surface area contributed by atoms with Gasteiger partial charge in [0.1, 0.15) is 5.69 Å². The first-order valence-electron chi connectivity index (χ1n) is 5.98. The highest BCUT2D eigenvalue weighted by atomic mass is 32.1. The van der Waals surface area contributed by atoms with Gasteiger partial charge < -0.3 is 5.32 Å². The molecule has 0 aliphatic carbocycles. The molecule has 0 spiro atoms. The summed E-state index contributed by atoms with van der Waals surface area (Å²) in [7, 11) is 0. The third kappa shape index (κ3) is 3.29. The van der Waals surface area contributed by atoms with Gasteiger partial charge in [0.2, 0.25) is 0 Å². The van der Waals surface area contributed by atoms with Crippen molar-refractivity contribution in [3.05, 3.63) is 50.6 Å². The van der Waals surface area contributed by atoms with Gasteiger partial charge in [-0.3, -0.25) is 9.59 Å². The van der Waals surface area contributed by atoms with Crippen LogP contribution in [0.25, 0.3) is 0 Å². The first-order valence-corrected chi connectivity index (χ1v) is 6.86. The Kier molecular flexibility index (Phi) is 4.11. The minimum atomic E-state index is -0.324. The fourth-order valence-electron chi connectivity index (χ4n) is 1.72. The van der Waals surface area contributed by atoms with Crippen molar-refractivity contribution in [1.82, 2.24) is 15.5 Å². The monoisotopic (exact) mass is 277 g/mol. The lowest BCUT2D eigenvalue weighted by atomic mass is 10.0. The van der Waals surface area contributed by atoms with Crippen LogP contribution in [-0.4, -0.2) is 16.1 Å². The van der Waals surface area contributed by atoms with Crippen LogP contribution in [0, 0.1) is 5.92 Å². The molecule has 0 aromatic carbocycles. The van der Waals surface area contributed by atoms with E-state index in [1.165, 1.54) is 12.1 Å². The van der Waals surface area contributed by atoms with Gasteiger partial charge in [0.15, 0.2) is 0 Å². The van der Waals surface area contributed by atoms with Gasteiger partial charge in [-0.05, 0) is 23.4 Å². The number of H-pyrrole nitrogens is 1. The van der Waals surface area contributed by atoms with E-state index in [4.69, 9.17) is 0 Å². The summed E-state index contributed by atoms with van der Waals surface area (Å²) in [6.45, 7) is 4.09. The number of rotatable bonds is 4. The molecule has 5 nitrogen and oxygen atoms in total. The molecule has 0 radical (unpaired) electrons. The van der Waals surface area contributed by atoms with Crippen molar-refractivity contribution in [3.8, 4) is 0 Å². The summed E-state index contributed by atoms with van der Waals surface area (Å²) in [4.78, 5) is 24.1. The Morgan fingerprint density at radius 3 is 2.68 bits per heavy atom. The SMILES string of the molecule is CC(C)[C@H](NC(=O)c1ccc(=O)[nH]n1)c1cccs1. The molecule has 0 saturated carbocycles. The van der Waals surface area contributed by atoms with Gasteiger partial charge in [0.05, 0.1) is 6.04 Å². The van der Waals surface area contributed by atoms with Crippen LogP contribution in [0.3, 0.4) is 0 Å². The van der Waals surface area contributed by atoms with Crippen molar-refractivity contribution < 1.29 is 4.79 Å². The Morgan fingerprint density at radius 1 is 1.37 bits per heavy atom. The Bertz CT molecular complexity index is 584. The lowest BCUT2D eigenvalue weighted by molar-refractivity contribution is 0.0920. The van der Waals surface area contributed by atoms with Crippen molar-refractivity contribution >= 4 is 17.2 Å². The zero-order valence-electron chi connectivity index (χ0n) is 10.7. The van der Waals surface area contributed by atoms with Crippen molar-refractivity contribution in [2.75, 3.05) is 0 Å². The van der Waals surface area contributed by atoms with Gasteiger partial charge >= 0.3 is 0 Å². The molecule has 1 atom stereocenters. The third-order valence-electron chi connectivity index (χ3n) is 2.71. The molecule has 1 amide bonds. The fourth-order valence-corrected chi connectivity index (χ4v) is 2.67. The van der Waals surface area contributed by atoms with E-state index in [9.17, 15) is 9.59 Å². The van der Waals surface area contributed by atoms with E-state index in [1.807, 2.05) is 31.4 Å². The number of nitrogens with one attached hydrogen (secondary N) is 2. The Balaban J connectivity index is 2.16. The summed E-state index contributed by atoms with van der Waals surface area (Å²) in [5, 5.41) is 10.9. The second-order valence-electron chi connectivity index (χ2n) is 4.52. The molecule has 0 bridgehead atoms. The van der Waals surface area contributed by atoms with Crippen LogP contribution in [0.15, 0.2) is 34.4 Å². The van der Waals surface area contributed by atoms with Gasteiger partial charge in [0.25, 0.3) is 11.5 Å². The summed E-state index contributed by atoms with van der Waals surface area (Å²) in [5.74, 6) is -0.0197. The Morgan fingerprint density at radius 2 is 2.16 bits per heavy atom. The molecule has 0 aliphatic rings. The van der Waals surface area contributed by atoms with Crippen LogP contribution < -0.4 is 10.9 Å². The van der Waals surface area contributed by atoms with E-state index in [-0.39, 0.29) is 29.1 Å². The summed E-state index contributed by atoms with van der Waals surface area (Å²) < 4.78 is 0. The summed E-state index contributed by atoms with van der Waals surface area (Å²) >= 11 is 1.61. The molecule has 2 N–H and O–H groups in total. The number of thiophene rings is 1. The van der Waals surface area contributed by atoms with Gasteiger partial charge in [-0.1, -0.05) is 19.9 Å². The van der Waals surface area contributed by atoms with Crippen molar-refractivity contribution in [1.29, 1.82) is 0 Å². The maximum atomic E-state index is 12.1. The molecule has 2 aromatic rings. The molecule has 2 aromatic heterocycles. The molecular weight excluding hydrogens is 262 g/mol. The number of hydrogen-bond donors (Lipinski definition) is 2. The molecule has 2 rings (SSSR count). The van der Waals surface area contributed by atoms with Crippen LogP contribution in [0.5, 0.6) is 0 Å². The van der Waals surface area contributed by atoms with Crippen molar-refractivity contribution in [2.45, 2.75) is 19.9 Å². The largest absolute Gasteiger partial charge is 0.343 e. The Hall–Kier alpha value is -1.95. The number of hydrogen-bond acceptors (Lipinski definition) is 4. The van der Waals surface area contributed by atoms with E-state index >= 15 is 0 Å². The van der Waals surface area contributed by atoms with Gasteiger partial charge in [0, 0.05) is 10.9 Å². The molecule has 6 heteroatoms. The molecule has 100 valence electrons. The average molecular weight is 277 g/mol. The first-order chi connectivity index (χ1) is 9.08. The van der Waals surface area contributed by atoms with Crippen molar-refractivity contribution in [2.24, 2.45) is 5.92 Å². The lowest BCUT2D eigenvalue weighted by Crippen LogP contribution is -2.32. The number of aromatic nitrogens is 2. The highest BCUT2D eigenvalue weighted by Gasteiger charge is 2.20. The maximum absolute atomic E-state index is 12.1. The van der Waals surface area contributed by atoms with E-state index in [0.717, 1.165) is 4.88 Å². The molecule has 0 aliphatic heterocycles. The molecule has 0 fully saturated rings. The number of carbonyl (C=O) groups is 1. The smallest absolute Gasteiger partial charge is 0.272 e. The quantitative estimate of drug-likeness (QED) is 0.897. The summed E-state index contributed by atoms with van der Waals surface area (Å²) in [5.41, 5.74) is -0.114. The zero-order chi connectivity index (χ0) is 13.8. The van der Waals surface area contributed by atoms with Crippen molar-refractivity contribution in [3.63, 3.8) is 0 Å². The lowest BCUT2D eigenvalue weighted by Gasteiger charge is -2.20. The standard InChI is InChI=1S/C13H15N3O2S/c1-8(2)12(10-4-3-7-19-10)14-13(18)9-5-6-11(17)16-15-9/h3-8,12H,1-2H3,(H,14,18)(H,16,17)/t12-/m0/s1. The second-order valence-corrected chi connectivity index (χ2v) is 5.50. The van der Waals surface area contributed by atoms with Crippen LogP contribution in [-0.2, 0) is 0 Å². The zero-order valence-corrected chi connectivity index (χ0v) is 11.5. The molecular formula is C13H15N3O2S. The summed E-state index contributed by atoms with van der Waals surface area (Å²) in [6, 6.07) is 6.61. The summed E-state index contributed by atoms with van der Waals surface area (Å²) in [6.07, 6.45) is 0. The average Bonchev–Trinajstić information content (AvgIpc) is 2.89. The molecule has 0 unspecified atom stereocenters. The van der Waals surface area contributed by atoms with Gasteiger partial charge in [-0.15, -0.1) is 11.3 Å². The van der Waals surface area contributed by atoms with Crippen LogP contribution in [0.2, 0.25) is 0 Å². The van der Waals surface area contributed by atoms with Crippen LogP contribution in [0.1, 0.15) is 35.3 Å². The Labute approximate surface area is 114 Å². The van der Waals surface area contributed by atoms with Crippen LogP contribution >= 0.6 is 11.3 Å². The number of carbonyl (C=O) groups excluding carboxylic acids is 1. The highest BCUT2D eigenvalue weighted by molar-refractivity contribution is 7.10. The van der Waals surface area contributed by atoms with E-state index < -0.39 is 0 Å². The normalized spacial score (nSPS) is 12.4. The number of nitrogens with zero attached hydrogens (tertiary/aromatic N) is 1. The predicted molar refractivity (Wildman–Crippen MR) is 74.2 cm³/mol. The number of amides is 1. The third-order valence-corrected chi connectivity index (χ3v) is 3.67. The first kappa shape index (κ1) is 13.5. The molecule has 2 heterocycles. The minimum Gasteiger partial charge on any atom is -0.343 e. The van der Waals surface area contributed by atoms with Crippen LogP contribution in [0.4, 0.5) is 0 Å². The maximum Gasteiger partial charge on any atom is 0.272 e. The predicted octanol–water partition coefficient (Wildman–Crippen LogP) is 1.96. The van der Waals surface area contributed by atoms with E-state index in [0.29, 0.717) is 0 Å². The second kappa shape index (κ2) is 5.79. The topological polar surface area (TPSA) is 74.8 Å². The van der Waals surface area contributed by atoms with E-state index in [1.54, 1.807) is 11.3 Å². The number of aromatic amines is 1. The van der Waals surface area contributed by atoms with Gasteiger partial charge in [-0.25, -0.2) is 5.10 Å². The highest BCUT2D eigenvalue weighted by Crippen LogP contribution is 2.25. The van der Waals surface area contributed by atoms with E-state index in [2.05, 4.69) is 15.5 Å². The minimum absolute atomic E-state index is 0.0544. The van der Waals surface area contributed by atoms with Gasteiger partial charge in [-0.2, -0.15) is 5.10 Å². The molecule has 0 saturated heterocycles. The fraction of sp³-hybridized carbons (Fsp3) is 0.308.